The van der Waals surface area contributed by atoms with Crippen molar-refractivity contribution in [2.24, 2.45) is 0 Å². The Hall–Kier alpha value is -1.37. The van der Waals surface area contributed by atoms with Gasteiger partial charge in [-0.05, 0) is 18.4 Å². The van der Waals surface area contributed by atoms with Crippen molar-refractivity contribution < 1.29 is 4.74 Å². The van der Waals surface area contributed by atoms with Crippen LogP contribution in [0.15, 0.2) is 30.3 Å². The highest BCUT2D eigenvalue weighted by molar-refractivity contribution is 5.20. The molecular formula is C17H26N2O. The van der Waals surface area contributed by atoms with E-state index in [1.165, 1.54) is 5.56 Å². The third-order valence-corrected chi connectivity index (χ3v) is 3.83. The predicted octanol–water partition coefficient (Wildman–Crippen LogP) is 3.78. The van der Waals surface area contributed by atoms with E-state index in [9.17, 15) is 5.26 Å². The molecule has 0 aliphatic carbocycles. The molecule has 0 amide bonds. The molecule has 0 fully saturated rings. The summed E-state index contributed by atoms with van der Waals surface area (Å²) in [6.45, 7) is 5.99. The lowest BCUT2D eigenvalue weighted by molar-refractivity contribution is 0.0803. The van der Waals surface area contributed by atoms with Crippen LogP contribution in [0, 0.1) is 11.3 Å². The zero-order chi connectivity index (χ0) is 14.8. The molecule has 20 heavy (non-hydrogen) atoms. The second kappa shape index (κ2) is 9.52. The standard InChI is InChI=1S/C17H26N2O/c1-4-16(5-2)19(13-14-20-3)17(11-12-18)15-9-7-6-8-10-15/h6-10,16-17H,4-5,11,13-14H2,1-3H3. The zero-order valence-corrected chi connectivity index (χ0v) is 12.9. The van der Waals surface area contributed by atoms with Crippen LogP contribution < -0.4 is 0 Å². The van der Waals surface area contributed by atoms with Crippen LogP contribution in [-0.2, 0) is 4.74 Å². The van der Waals surface area contributed by atoms with Crippen molar-refractivity contribution in [3.63, 3.8) is 0 Å². The molecule has 0 spiro atoms. The fraction of sp³-hybridized carbons (Fsp3) is 0.588. The highest BCUT2D eigenvalue weighted by Gasteiger charge is 2.25. The van der Waals surface area contributed by atoms with Crippen LogP contribution in [0.2, 0.25) is 0 Å². The van der Waals surface area contributed by atoms with Crippen LogP contribution in [0.1, 0.15) is 44.7 Å². The van der Waals surface area contributed by atoms with Crippen molar-refractivity contribution in [1.82, 2.24) is 4.90 Å². The van der Waals surface area contributed by atoms with Gasteiger partial charge in [0.1, 0.15) is 0 Å². The number of nitrogens with zero attached hydrogens (tertiary/aromatic N) is 2. The molecule has 1 aromatic carbocycles. The Balaban J connectivity index is 3.00. The minimum absolute atomic E-state index is 0.154. The molecule has 3 nitrogen and oxygen atoms in total. The van der Waals surface area contributed by atoms with Gasteiger partial charge in [-0.3, -0.25) is 4.90 Å². The summed E-state index contributed by atoms with van der Waals surface area (Å²) in [5.41, 5.74) is 1.22. The van der Waals surface area contributed by atoms with E-state index >= 15 is 0 Å². The van der Waals surface area contributed by atoms with Crippen LogP contribution in [0.3, 0.4) is 0 Å². The third-order valence-electron chi connectivity index (χ3n) is 3.83. The number of nitriles is 1. The predicted molar refractivity (Wildman–Crippen MR) is 82.4 cm³/mol. The van der Waals surface area contributed by atoms with Crippen molar-refractivity contribution in [2.75, 3.05) is 20.3 Å². The highest BCUT2D eigenvalue weighted by atomic mass is 16.5. The first-order valence-corrected chi connectivity index (χ1v) is 7.45. The minimum atomic E-state index is 0.154. The number of ether oxygens (including phenoxy) is 1. The van der Waals surface area contributed by atoms with Gasteiger partial charge in [-0.25, -0.2) is 0 Å². The molecular weight excluding hydrogens is 248 g/mol. The molecule has 1 unspecified atom stereocenters. The fourth-order valence-electron chi connectivity index (χ4n) is 2.74. The summed E-state index contributed by atoms with van der Waals surface area (Å²) in [7, 11) is 1.73. The Kier molecular flexibility index (Phi) is 7.94. The summed E-state index contributed by atoms with van der Waals surface area (Å²) < 4.78 is 5.25. The molecule has 0 aromatic heterocycles. The first kappa shape index (κ1) is 16.7. The molecule has 1 aromatic rings. The molecule has 0 radical (unpaired) electrons. The van der Waals surface area contributed by atoms with E-state index in [0.717, 1.165) is 19.4 Å². The summed E-state index contributed by atoms with van der Waals surface area (Å²) >= 11 is 0. The Labute approximate surface area is 123 Å². The summed E-state index contributed by atoms with van der Waals surface area (Å²) in [5.74, 6) is 0. The summed E-state index contributed by atoms with van der Waals surface area (Å²) in [5, 5.41) is 9.19. The molecule has 0 saturated carbocycles. The van der Waals surface area contributed by atoms with Gasteiger partial charge in [0.15, 0.2) is 0 Å². The second-order valence-electron chi connectivity index (χ2n) is 4.99. The van der Waals surface area contributed by atoms with Crippen LogP contribution in [0.25, 0.3) is 0 Å². The number of hydrogen-bond donors (Lipinski definition) is 0. The lowest BCUT2D eigenvalue weighted by Gasteiger charge is -2.36. The molecule has 0 aliphatic rings. The van der Waals surface area contributed by atoms with Gasteiger partial charge in [0.05, 0.1) is 19.1 Å². The molecule has 3 heteroatoms. The van der Waals surface area contributed by atoms with E-state index in [-0.39, 0.29) is 6.04 Å². The Morgan fingerprint density at radius 1 is 1.20 bits per heavy atom. The molecule has 1 atom stereocenters. The Morgan fingerprint density at radius 2 is 1.85 bits per heavy atom. The van der Waals surface area contributed by atoms with Gasteiger partial charge in [-0.1, -0.05) is 44.2 Å². The monoisotopic (exact) mass is 274 g/mol. The van der Waals surface area contributed by atoms with Gasteiger partial charge >= 0.3 is 0 Å². The van der Waals surface area contributed by atoms with Crippen LogP contribution in [-0.4, -0.2) is 31.2 Å². The van der Waals surface area contributed by atoms with Crippen LogP contribution in [0.5, 0.6) is 0 Å². The van der Waals surface area contributed by atoms with Crippen molar-refractivity contribution in [2.45, 2.75) is 45.2 Å². The van der Waals surface area contributed by atoms with Gasteiger partial charge in [0.25, 0.3) is 0 Å². The van der Waals surface area contributed by atoms with E-state index in [1.54, 1.807) is 7.11 Å². The largest absolute Gasteiger partial charge is 0.383 e. The average Bonchev–Trinajstić information content (AvgIpc) is 2.50. The molecule has 0 saturated heterocycles. The SMILES string of the molecule is CCC(CC)N(CCOC)C(CC#N)c1ccccc1. The topological polar surface area (TPSA) is 36.3 Å². The maximum absolute atomic E-state index is 9.19. The zero-order valence-electron chi connectivity index (χ0n) is 12.9. The first-order chi connectivity index (χ1) is 9.78. The number of hydrogen-bond acceptors (Lipinski definition) is 3. The van der Waals surface area contributed by atoms with Crippen LogP contribution >= 0.6 is 0 Å². The Bertz CT molecular complexity index is 395. The lowest BCUT2D eigenvalue weighted by Crippen LogP contribution is -2.40. The average molecular weight is 274 g/mol. The molecule has 0 bridgehead atoms. The Morgan fingerprint density at radius 3 is 2.35 bits per heavy atom. The van der Waals surface area contributed by atoms with E-state index < -0.39 is 0 Å². The van der Waals surface area contributed by atoms with E-state index in [1.807, 2.05) is 18.2 Å². The number of methoxy groups -OCH3 is 1. The van der Waals surface area contributed by atoms with Gasteiger partial charge in [0, 0.05) is 25.7 Å². The minimum Gasteiger partial charge on any atom is -0.383 e. The highest BCUT2D eigenvalue weighted by Crippen LogP contribution is 2.28. The molecule has 0 N–H and O–H groups in total. The fourth-order valence-corrected chi connectivity index (χ4v) is 2.74. The van der Waals surface area contributed by atoms with Crippen molar-refractivity contribution >= 4 is 0 Å². The van der Waals surface area contributed by atoms with Gasteiger partial charge in [-0.15, -0.1) is 0 Å². The lowest BCUT2D eigenvalue weighted by atomic mass is 9.98. The maximum Gasteiger partial charge on any atom is 0.0641 e. The quantitative estimate of drug-likeness (QED) is 0.687. The number of benzene rings is 1. The smallest absolute Gasteiger partial charge is 0.0641 e. The maximum atomic E-state index is 9.19. The first-order valence-electron chi connectivity index (χ1n) is 7.45. The summed E-state index contributed by atoms with van der Waals surface area (Å²) in [6, 6.07) is 13.3. The summed E-state index contributed by atoms with van der Waals surface area (Å²) in [4.78, 5) is 2.43. The molecule has 1 rings (SSSR count). The normalized spacial score (nSPS) is 12.6. The van der Waals surface area contributed by atoms with Crippen LogP contribution in [0.4, 0.5) is 0 Å². The van der Waals surface area contributed by atoms with Crippen molar-refractivity contribution in [1.29, 1.82) is 5.26 Å². The molecule has 0 heterocycles. The van der Waals surface area contributed by atoms with Gasteiger partial charge < -0.3 is 4.74 Å². The molecule has 110 valence electrons. The van der Waals surface area contributed by atoms with Crippen molar-refractivity contribution in [3.05, 3.63) is 35.9 Å². The van der Waals surface area contributed by atoms with Crippen molar-refractivity contribution in [3.8, 4) is 6.07 Å². The van der Waals surface area contributed by atoms with E-state index in [4.69, 9.17) is 4.74 Å². The van der Waals surface area contributed by atoms with E-state index in [0.29, 0.717) is 19.1 Å². The third kappa shape index (κ3) is 4.63. The summed E-state index contributed by atoms with van der Waals surface area (Å²) in [6.07, 6.45) is 2.70. The number of rotatable bonds is 9. The van der Waals surface area contributed by atoms with Gasteiger partial charge in [-0.2, -0.15) is 5.26 Å². The van der Waals surface area contributed by atoms with Gasteiger partial charge in [0.2, 0.25) is 0 Å². The van der Waals surface area contributed by atoms with E-state index in [2.05, 4.69) is 36.9 Å². The molecule has 0 aliphatic heterocycles. The second-order valence-corrected chi connectivity index (χ2v) is 4.99.